The van der Waals surface area contributed by atoms with Gasteiger partial charge >= 0.3 is 6.18 Å². The molecular weight excluding hydrogens is 348 g/mol. The Morgan fingerprint density at radius 2 is 1.88 bits per heavy atom. The molecule has 1 unspecified atom stereocenters. The van der Waals surface area contributed by atoms with Crippen LogP contribution in [-0.4, -0.2) is 18.5 Å². The number of carbonyl (C=O) groups excluding carboxylic acids is 1. The number of carbonyl (C=O) groups is 1. The summed E-state index contributed by atoms with van der Waals surface area (Å²) in [4.78, 5) is 16.2. The monoisotopic (exact) mass is 364 g/mol. The van der Waals surface area contributed by atoms with Gasteiger partial charge in [-0.25, -0.2) is 4.39 Å². The van der Waals surface area contributed by atoms with E-state index >= 15 is 0 Å². The van der Waals surface area contributed by atoms with Gasteiger partial charge in [-0.05, 0) is 48.7 Å². The lowest BCUT2D eigenvalue weighted by Crippen LogP contribution is -2.50. The molecule has 2 aromatic carbocycles. The first kappa shape index (κ1) is 16.9. The van der Waals surface area contributed by atoms with E-state index in [0.717, 1.165) is 18.6 Å². The number of fused-ring (bicyclic) bond motifs is 3. The lowest BCUT2D eigenvalue weighted by molar-refractivity contribution is -0.137. The molecule has 0 spiro atoms. The lowest BCUT2D eigenvalue weighted by atomic mass is 10.0. The van der Waals surface area contributed by atoms with Gasteiger partial charge < -0.3 is 9.80 Å². The number of alkyl halides is 3. The largest absolute Gasteiger partial charge is 0.416 e. The summed E-state index contributed by atoms with van der Waals surface area (Å²) < 4.78 is 53.0. The minimum atomic E-state index is -4.50. The second-order valence-corrected chi connectivity index (χ2v) is 6.61. The van der Waals surface area contributed by atoms with Crippen LogP contribution in [0.1, 0.15) is 24.0 Å². The molecule has 0 saturated carbocycles. The zero-order chi connectivity index (χ0) is 18.5. The maximum absolute atomic E-state index is 13.5. The minimum Gasteiger partial charge on any atom is -0.358 e. The van der Waals surface area contributed by atoms with Gasteiger partial charge in [0.05, 0.1) is 23.5 Å². The molecule has 0 bridgehead atoms. The first-order valence-electron chi connectivity index (χ1n) is 8.38. The number of halogens is 4. The molecule has 1 fully saturated rings. The third-order valence-corrected chi connectivity index (χ3v) is 4.94. The second kappa shape index (κ2) is 6.00. The highest BCUT2D eigenvalue weighted by Gasteiger charge is 2.42. The van der Waals surface area contributed by atoms with Crippen molar-refractivity contribution in [2.75, 3.05) is 16.3 Å². The van der Waals surface area contributed by atoms with Crippen molar-refractivity contribution in [1.82, 2.24) is 0 Å². The van der Waals surface area contributed by atoms with E-state index in [1.54, 1.807) is 6.07 Å². The van der Waals surface area contributed by atoms with Gasteiger partial charge in [0, 0.05) is 6.54 Å². The summed E-state index contributed by atoms with van der Waals surface area (Å²) in [5, 5.41) is 0. The number of hydrogen-bond acceptors (Lipinski definition) is 2. The summed E-state index contributed by atoms with van der Waals surface area (Å²) >= 11 is 0. The van der Waals surface area contributed by atoms with E-state index in [1.165, 1.54) is 29.2 Å². The summed E-state index contributed by atoms with van der Waals surface area (Å²) in [6, 6.07) is 8.89. The van der Waals surface area contributed by atoms with Gasteiger partial charge in [0.25, 0.3) is 0 Å². The molecule has 2 aromatic rings. The third kappa shape index (κ3) is 2.81. The summed E-state index contributed by atoms with van der Waals surface area (Å²) in [6.07, 6.45) is -3.02. The van der Waals surface area contributed by atoms with E-state index in [1.807, 2.05) is 4.90 Å². The van der Waals surface area contributed by atoms with E-state index in [4.69, 9.17) is 0 Å². The fraction of sp³-hybridized carbons (Fsp3) is 0.316. The normalized spacial score (nSPS) is 19.5. The molecule has 136 valence electrons. The number of rotatable bonds is 2. The van der Waals surface area contributed by atoms with Crippen LogP contribution >= 0.6 is 0 Å². The van der Waals surface area contributed by atoms with Crippen LogP contribution in [0.2, 0.25) is 0 Å². The van der Waals surface area contributed by atoms with Crippen LogP contribution in [0.15, 0.2) is 42.5 Å². The van der Waals surface area contributed by atoms with Crippen LogP contribution in [0.3, 0.4) is 0 Å². The van der Waals surface area contributed by atoms with Gasteiger partial charge in [-0.1, -0.05) is 12.1 Å². The van der Waals surface area contributed by atoms with Crippen LogP contribution in [0, 0.1) is 5.82 Å². The Balaban J connectivity index is 1.80. The van der Waals surface area contributed by atoms with Crippen LogP contribution in [0.4, 0.5) is 28.9 Å². The van der Waals surface area contributed by atoms with E-state index in [0.29, 0.717) is 24.2 Å². The number of amides is 1. The highest BCUT2D eigenvalue weighted by molar-refractivity contribution is 6.06. The van der Waals surface area contributed by atoms with Crippen molar-refractivity contribution in [3.63, 3.8) is 0 Å². The molecule has 2 aliphatic rings. The quantitative estimate of drug-likeness (QED) is 0.740. The summed E-state index contributed by atoms with van der Waals surface area (Å²) in [5.74, 6) is -0.683. The summed E-state index contributed by atoms with van der Waals surface area (Å²) in [5.41, 5.74) is 0.586. The fourth-order valence-corrected chi connectivity index (χ4v) is 3.75. The van der Waals surface area contributed by atoms with Crippen molar-refractivity contribution in [1.29, 1.82) is 0 Å². The van der Waals surface area contributed by atoms with Gasteiger partial charge in [0.2, 0.25) is 5.91 Å². The molecule has 0 N–H and O–H groups in total. The minimum absolute atomic E-state index is 0.0369. The van der Waals surface area contributed by atoms with Crippen molar-refractivity contribution in [2.45, 2.75) is 31.6 Å². The average Bonchev–Trinajstić information content (AvgIpc) is 3.07. The SMILES string of the molecule is O=C1C2CCCN2c2ccc(C(F)(F)F)cc2N1Cc1cccc(F)c1. The lowest BCUT2D eigenvalue weighted by Gasteiger charge is -2.40. The van der Waals surface area contributed by atoms with Gasteiger partial charge in [0.1, 0.15) is 11.9 Å². The average molecular weight is 364 g/mol. The Morgan fingerprint density at radius 1 is 1.08 bits per heavy atom. The standard InChI is InChI=1S/C19H16F4N2O/c20-14-4-1-3-12(9-14)11-25-17-10-13(19(21,22)23)6-7-15(17)24-8-2-5-16(24)18(25)26/h1,3-4,6-7,9-10,16H,2,5,8,11H2. The Bertz CT molecular complexity index is 865. The molecule has 0 aliphatic carbocycles. The fourth-order valence-electron chi connectivity index (χ4n) is 3.75. The number of anilines is 2. The van der Waals surface area contributed by atoms with Gasteiger partial charge in [-0.3, -0.25) is 4.79 Å². The molecule has 1 atom stereocenters. The van der Waals surface area contributed by atoms with E-state index < -0.39 is 17.6 Å². The Labute approximate surface area is 147 Å². The Hall–Kier alpha value is -2.57. The van der Waals surface area contributed by atoms with Gasteiger partial charge in [0.15, 0.2) is 0 Å². The molecule has 0 aromatic heterocycles. The van der Waals surface area contributed by atoms with Gasteiger partial charge in [-0.2, -0.15) is 13.2 Å². The predicted molar refractivity (Wildman–Crippen MR) is 89.4 cm³/mol. The smallest absolute Gasteiger partial charge is 0.358 e. The topological polar surface area (TPSA) is 23.6 Å². The molecule has 7 heteroatoms. The third-order valence-electron chi connectivity index (χ3n) is 4.94. The molecule has 0 radical (unpaired) electrons. The molecule has 1 amide bonds. The Morgan fingerprint density at radius 3 is 2.62 bits per heavy atom. The maximum Gasteiger partial charge on any atom is 0.416 e. The van der Waals surface area contributed by atoms with Crippen molar-refractivity contribution in [3.05, 3.63) is 59.4 Å². The molecule has 3 nitrogen and oxygen atoms in total. The van der Waals surface area contributed by atoms with Crippen molar-refractivity contribution >= 4 is 17.3 Å². The number of hydrogen-bond donors (Lipinski definition) is 0. The molecule has 2 aliphatic heterocycles. The first-order valence-corrected chi connectivity index (χ1v) is 8.38. The molecule has 26 heavy (non-hydrogen) atoms. The Kier molecular flexibility index (Phi) is 3.89. The number of benzene rings is 2. The summed E-state index contributed by atoms with van der Waals surface area (Å²) in [7, 11) is 0. The van der Waals surface area contributed by atoms with Crippen molar-refractivity contribution in [3.8, 4) is 0 Å². The van der Waals surface area contributed by atoms with Crippen LogP contribution in [0.5, 0.6) is 0 Å². The van der Waals surface area contributed by atoms with E-state index in [9.17, 15) is 22.4 Å². The maximum atomic E-state index is 13.5. The highest BCUT2D eigenvalue weighted by Crippen LogP contribution is 2.43. The molecular formula is C19H16F4N2O. The molecule has 1 saturated heterocycles. The van der Waals surface area contributed by atoms with Crippen LogP contribution in [-0.2, 0) is 17.5 Å². The van der Waals surface area contributed by atoms with Crippen molar-refractivity contribution in [2.24, 2.45) is 0 Å². The van der Waals surface area contributed by atoms with Crippen LogP contribution in [0.25, 0.3) is 0 Å². The van der Waals surface area contributed by atoms with E-state index in [-0.39, 0.29) is 24.2 Å². The summed E-state index contributed by atoms with van der Waals surface area (Å²) in [6.45, 7) is 0.678. The van der Waals surface area contributed by atoms with E-state index in [2.05, 4.69) is 0 Å². The number of nitrogens with zero attached hydrogens (tertiary/aromatic N) is 2. The zero-order valence-corrected chi connectivity index (χ0v) is 13.8. The second-order valence-electron chi connectivity index (χ2n) is 6.61. The molecule has 4 rings (SSSR count). The predicted octanol–water partition coefficient (Wildman–Crippen LogP) is 4.36. The van der Waals surface area contributed by atoms with Crippen molar-refractivity contribution < 1.29 is 22.4 Å². The van der Waals surface area contributed by atoms with Gasteiger partial charge in [-0.15, -0.1) is 0 Å². The van der Waals surface area contributed by atoms with Crippen LogP contribution < -0.4 is 9.80 Å². The first-order chi connectivity index (χ1) is 12.3. The zero-order valence-electron chi connectivity index (χ0n) is 13.8. The molecule has 2 heterocycles. The highest BCUT2D eigenvalue weighted by atomic mass is 19.4.